The van der Waals surface area contributed by atoms with Gasteiger partial charge < -0.3 is 21.0 Å². The molecule has 0 atom stereocenters. The second-order valence-corrected chi connectivity index (χ2v) is 5.68. The van der Waals surface area contributed by atoms with Crippen molar-refractivity contribution in [1.29, 1.82) is 0 Å². The molecular weight excluding hydrogens is 278 g/mol. The number of benzene rings is 1. The van der Waals surface area contributed by atoms with Gasteiger partial charge in [-0.15, -0.1) is 0 Å². The lowest BCUT2D eigenvalue weighted by Gasteiger charge is -2.22. The Hall–Kier alpha value is -1.62. The van der Waals surface area contributed by atoms with Gasteiger partial charge in [-0.3, -0.25) is 0 Å². The normalized spacial score (nSPS) is 12.3. The third-order valence-corrected chi connectivity index (χ3v) is 3.49. The lowest BCUT2D eigenvalue weighted by molar-refractivity contribution is 0.305. The van der Waals surface area contributed by atoms with Crippen LogP contribution in [0.5, 0.6) is 5.75 Å². The fourth-order valence-corrected chi connectivity index (χ4v) is 2.01. The van der Waals surface area contributed by atoms with E-state index in [9.17, 15) is 0 Å². The number of methoxy groups -OCH3 is 1. The minimum Gasteiger partial charge on any atom is -0.495 e. The predicted octanol–water partition coefficient (Wildman–Crippen LogP) is 3.31. The van der Waals surface area contributed by atoms with Crippen molar-refractivity contribution in [3.63, 3.8) is 0 Å². The molecule has 5 nitrogen and oxygen atoms in total. The average molecular weight is 300 g/mol. The van der Waals surface area contributed by atoms with Gasteiger partial charge in [-0.1, -0.05) is 30.6 Å². The molecule has 0 bridgehead atoms. The number of nitrogens with zero attached hydrogens (tertiary/aromatic N) is 1. The smallest absolute Gasteiger partial charge is 0.144 e. The molecule has 0 fully saturated rings. The number of halogens is 1. The Morgan fingerprint density at radius 3 is 2.80 bits per heavy atom. The van der Waals surface area contributed by atoms with Crippen LogP contribution < -0.4 is 15.8 Å². The molecule has 1 rings (SSSR count). The van der Waals surface area contributed by atoms with Gasteiger partial charge in [0.25, 0.3) is 0 Å². The summed E-state index contributed by atoms with van der Waals surface area (Å²) in [5, 5.41) is 15.7. The van der Waals surface area contributed by atoms with Crippen LogP contribution in [-0.2, 0) is 0 Å². The van der Waals surface area contributed by atoms with Crippen molar-refractivity contribution in [2.24, 2.45) is 16.3 Å². The summed E-state index contributed by atoms with van der Waals surface area (Å²) in [6.07, 6.45) is 1.68. The summed E-state index contributed by atoms with van der Waals surface area (Å²) in [6.45, 7) is 4.64. The molecule has 0 radical (unpaired) electrons. The molecule has 4 N–H and O–H groups in total. The fraction of sp³-hybridized carbons (Fsp3) is 0.500. The molecule has 1 aromatic rings. The number of amidine groups is 1. The van der Waals surface area contributed by atoms with Gasteiger partial charge in [0.1, 0.15) is 11.6 Å². The number of nitrogens with two attached hydrogens (primary N) is 1. The SMILES string of the molecule is COc1ccc(Cl)cc1NCCCC(C)(C)C(N)=NO. The summed E-state index contributed by atoms with van der Waals surface area (Å²) in [6, 6.07) is 5.44. The molecule has 0 unspecified atom stereocenters. The third kappa shape index (κ3) is 4.49. The van der Waals surface area contributed by atoms with Crippen molar-refractivity contribution in [2.75, 3.05) is 19.0 Å². The van der Waals surface area contributed by atoms with Gasteiger partial charge in [-0.25, -0.2) is 0 Å². The van der Waals surface area contributed by atoms with Gasteiger partial charge in [0, 0.05) is 17.0 Å². The Balaban J connectivity index is 2.51. The highest BCUT2D eigenvalue weighted by Gasteiger charge is 2.22. The van der Waals surface area contributed by atoms with Crippen LogP contribution in [0, 0.1) is 5.41 Å². The van der Waals surface area contributed by atoms with Crippen LogP contribution in [0.25, 0.3) is 0 Å². The molecule has 0 aliphatic carbocycles. The molecule has 0 heterocycles. The highest BCUT2D eigenvalue weighted by atomic mass is 35.5. The third-order valence-electron chi connectivity index (χ3n) is 3.26. The number of hydrogen-bond donors (Lipinski definition) is 3. The molecule has 20 heavy (non-hydrogen) atoms. The minimum atomic E-state index is -0.325. The maximum absolute atomic E-state index is 8.72. The Kier molecular flexibility index (Phi) is 5.95. The number of nitrogens with one attached hydrogen (secondary N) is 1. The molecule has 0 saturated carbocycles. The summed E-state index contributed by atoms with van der Waals surface area (Å²) >= 11 is 5.96. The molecular formula is C14H22ClN3O2. The first-order valence-corrected chi connectivity index (χ1v) is 6.84. The number of oxime groups is 1. The predicted molar refractivity (Wildman–Crippen MR) is 82.9 cm³/mol. The van der Waals surface area contributed by atoms with E-state index in [-0.39, 0.29) is 11.3 Å². The van der Waals surface area contributed by atoms with Crippen LogP contribution in [0.1, 0.15) is 26.7 Å². The Morgan fingerprint density at radius 1 is 1.50 bits per heavy atom. The van der Waals surface area contributed by atoms with Crippen LogP contribution in [0.15, 0.2) is 23.4 Å². The fourth-order valence-electron chi connectivity index (χ4n) is 1.84. The molecule has 0 saturated heterocycles. The zero-order valence-electron chi connectivity index (χ0n) is 12.1. The number of anilines is 1. The van der Waals surface area contributed by atoms with E-state index in [0.29, 0.717) is 5.02 Å². The summed E-state index contributed by atoms with van der Waals surface area (Å²) in [7, 11) is 1.62. The summed E-state index contributed by atoms with van der Waals surface area (Å²) < 4.78 is 5.26. The highest BCUT2D eigenvalue weighted by Crippen LogP contribution is 2.28. The summed E-state index contributed by atoms with van der Waals surface area (Å²) in [5.74, 6) is 1.00. The van der Waals surface area contributed by atoms with Gasteiger partial charge >= 0.3 is 0 Å². The largest absolute Gasteiger partial charge is 0.495 e. The number of rotatable bonds is 7. The van der Waals surface area contributed by atoms with E-state index in [4.69, 9.17) is 27.3 Å². The number of hydrogen-bond acceptors (Lipinski definition) is 4. The molecule has 0 aromatic heterocycles. The van der Waals surface area contributed by atoms with Crippen molar-refractivity contribution in [3.05, 3.63) is 23.2 Å². The van der Waals surface area contributed by atoms with Crippen molar-refractivity contribution < 1.29 is 9.94 Å². The monoisotopic (exact) mass is 299 g/mol. The standard InChI is InChI=1S/C14H22ClN3O2/c1-14(2,13(16)18-19)7-4-8-17-11-9-10(15)5-6-12(11)20-3/h5-6,9,17,19H,4,7-8H2,1-3H3,(H2,16,18). The molecule has 6 heteroatoms. The molecule has 0 aliphatic rings. The molecule has 0 aliphatic heterocycles. The molecule has 1 aromatic carbocycles. The van der Waals surface area contributed by atoms with Gasteiger partial charge in [0.2, 0.25) is 0 Å². The average Bonchev–Trinajstić information content (AvgIpc) is 2.42. The van der Waals surface area contributed by atoms with E-state index in [1.807, 2.05) is 26.0 Å². The van der Waals surface area contributed by atoms with E-state index in [0.717, 1.165) is 30.8 Å². The van der Waals surface area contributed by atoms with Gasteiger partial charge in [0.05, 0.1) is 12.8 Å². The van der Waals surface area contributed by atoms with Crippen LogP contribution in [-0.4, -0.2) is 24.7 Å². The van der Waals surface area contributed by atoms with Crippen molar-refractivity contribution in [3.8, 4) is 5.75 Å². The van der Waals surface area contributed by atoms with Crippen LogP contribution >= 0.6 is 11.6 Å². The first-order chi connectivity index (χ1) is 9.40. The molecule has 0 amide bonds. The van der Waals surface area contributed by atoms with Crippen molar-refractivity contribution in [1.82, 2.24) is 0 Å². The lowest BCUT2D eigenvalue weighted by Crippen LogP contribution is -2.32. The van der Waals surface area contributed by atoms with Crippen molar-refractivity contribution in [2.45, 2.75) is 26.7 Å². The maximum Gasteiger partial charge on any atom is 0.144 e. The number of ether oxygens (including phenoxy) is 1. The topological polar surface area (TPSA) is 79.9 Å². The van der Waals surface area contributed by atoms with Crippen LogP contribution in [0.2, 0.25) is 5.02 Å². The Morgan fingerprint density at radius 2 is 2.20 bits per heavy atom. The van der Waals surface area contributed by atoms with E-state index in [1.165, 1.54) is 0 Å². The molecule has 0 spiro atoms. The first-order valence-electron chi connectivity index (χ1n) is 6.46. The lowest BCUT2D eigenvalue weighted by atomic mass is 9.86. The summed E-state index contributed by atoms with van der Waals surface area (Å²) in [4.78, 5) is 0. The highest BCUT2D eigenvalue weighted by molar-refractivity contribution is 6.30. The summed E-state index contributed by atoms with van der Waals surface area (Å²) in [5.41, 5.74) is 6.19. The Bertz CT molecular complexity index is 475. The quantitative estimate of drug-likeness (QED) is 0.237. The van der Waals surface area contributed by atoms with Crippen LogP contribution in [0.4, 0.5) is 5.69 Å². The molecule has 112 valence electrons. The zero-order chi connectivity index (χ0) is 15.2. The Labute approximate surface area is 124 Å². The van der Waals surface area contributed by atoms with Crippen LogP contribution in [0.3, 0.4) is 0 Å². The second kappa shape index (κ2) is 7.24. The van der Waals surface area contributed by atoms with E-state index in [2.05, 4.69) is 10.5 Å². The second-order valence-electron chi connectivity index (χ2n) is 5.24. The van der Waals surface area contributed by atoms with Gasteiger partial charge in [0.15, 0.2) is 0 Å². The zero-order valence-corrected chi connectivity index (χ0v) is 12.9. The van der Waals surface area contributed by atoms with Gasteiger partial charge in [-0.2, -0.15) is 0 Å². The van der Waals surface area contributed by atoms with E-state index < -0.39 is 0 Å². The van der Waals surface area contributed by atoms with E-state index >= 15 is 0 Å². The maximum atomic E-state index is 8.72. The van der Waals surface area contributed by atoms with E-state index in [1.54, 1.807) is 13.2 Å². The van der Waals surface area contributed by atoms with Gasteiger partial charge in [-0.05, 0) is 31.0 Å². The van der Waals surface area contributed by atoms with Crippen molar-refractivity contribution >= 4 is 23.1 Å². The minimum absolute atomic E-state index is 0.248. The first kappa shape index (κ1) is 16.4.